The Morgan fingerprint density at radius 3 is 2.62 bits per heavy atom. The number of aromatic nitrogens is 2. The second-order valence-corrected chi connectivity index (χ2v) is 6.24. The Hall–Kier alpha value is -2.24. The van der Waals surface area contributed by atoms with Gasteiger partial charge in [-0.15, -0.1) is 10.2 Å². The maximum atomic E-state index is 5.83. The molecule has 0 atom stereocenters. The van der Waals surface area contributed by atoms with Gasteiger partial charge in [-0.3, -0.25) is 0 Å². The van der Waals surface area contributed by atoms with Crippen LogP contribution in [0.3, 0.4) is 0 Å². The summed E-state index contributed by atoms with van der Waals surface area (Å²) in [5.41, 5.74) is 1.17. The van der Waals surface area contributed by atoms with Crippen molar-refractivity contribution in [1.82, 2.24) is 10.2 Å². The van der Waals surface area contributed by atoms with Crippen LogP contribution in [0.2, 0.25) is 5.02 Å². The minimum Gasteiger partial charge on any atom is -0.484 e. The van der Waals surface area contributed by atoms with Gasteiger partial charge in [0.15, 0.2) is 6.61 Å². The zero-order valence-corrected chi connectivity index (χ0v) is 14.3. The molecule has 0 N–H and O–H groups in total. The van der Waals surface area contributed by atoms with Crippen LogP contribution in [0.1, 0.15) is 11.5 Å². The average Bonchev–Trinajstić information content (AvgIpc) is 3.07. The molecule has 3 aromatic rings. The van der Waals surface area contributed by atoms with Crippen LogP contribution in [0.4, 0.5) is 0 Å². The number of rotatable bonds is 7. The van der Waals surface area contributed by atoms with E-state index >= 15 is 0 Å². The molecule has 1 aromatic heterocycles. The SMILES string of the molecule is Clc1ccc(OCc2nnc(SCC=Cc3ccccc3)o2)cc1. The predicted octanol–water partition coefficient (Wildman–Crippen LogP) is 5.11. The van der Waals surface area contributed by atoms with Crippen LogP contribution in [-0.4, -0.2) is 16.0 Å². The fraction of sp³-hybridized carbons (Fsp3) is 0.111. The molecule has 0 saturated heterocycles. The van der Waals surface area contributed by atoms with Gasteiger partial charge in [0, 0.05) is 10.8 Å². The van der Waals surface area contributed by atoms with Crippen LogP contribution in [0, 0.1) is 0 Å². The first-order valence-corrected chi connectivity index (χ1v) is 8.71. The van der Waals surface area contributed by atoms with Crippen molar-refractivity contribution in [3.05, 3.63) is 77.2 Å². The highest BCUT2D eigenvalue weighted by Crippen LogP contribution is 2.19. The predicted molar refractivity (Wildman–Crippen MR) is 96.3 cm³/mol. The molecule has 0 amide bonds. The topological polar surface area (TPSA) is 48.2 Å². The second-order valence-electron chi connectivity index (χ2n) is 4.83. The van der Waals surface area contributed by atoms with Gasteiger partial charge in [0.2, 0.25) is 0 Å². The highest BCUT2D eigenvalue weighted by Gasteiger charge is 2.06. The molecule has 0 bridgehead atoms. The zero-order chi connectivity index (χ0) is 16.6. The van der Waals surface area contributed by atoms with Crippen molar-refractivity contribution < 1.29 is 9.15 Å². The summed E-state index contributed by atoms with van der Waals surface area (Å²) in [6.07, 6.45) is 4.13. The zero-order valence-electron chi connectivity index (χ0n) is 12.8. The highest BCUT2D eigenvalue weighted by molar-refractivity contribution is 7.99. The minimum absolute atomic E-state index is 0.231. The number of halogens is 1. The molecular formula is C18H15ClN2O2S. The quantitative estimate of drug-likeness (QED) is 0.549. The molecule has 0 aliphatic rings. The van der Waals surface area contributed by atoms with Gasteiger partial charge in [0.25, 0.3) is 11.1 Å². The van der Waals surface area contributed by atoms with Gasteiger partial charge < -0.3 is 9.15 Å². The number of hydrogen-bond donors (Lipinski definition) is 0. The Labute approximate surface area is 149 Å². The lowest BCUT2D eigenvalue weighted by atomic mass is 10.2. The van der Waals surface area contributed by atoms with E-state index < -0.39 is 0 Å². The van der Waals surface area contributed by atoms with Crippen molar-refractivity contribution in [1.29, 1.82) is 0 Å². The van der Waals surface area contributed by atoms with E-state index in [0.717, 1.165) is 5.75 Å². The smallest absolute Gasteiger partial charge is 0.277 e. The van der Waals surface area contributed by atoms with E-state index in [1.54, 1.807) is 24.3 Å². The van der Waals surface area contributed by atoms with Crippen LogP contribution in [0.25, 0.3) is 6.08 Å². The summed E-state index contributed by atoms with van der Waals surface area (Å²) >= 11 is 7.31. The lowest BCUT2D eigenvalue weighted by Gasteiger charge is -2.02. The molecule has 122 valence electrons. The number of benzene rings is 2. The molecule has 0 fully saturated rings. The minimum atomic E-state index is 0.231. The third-order valence-electron chi connectivity index (χ3n) is 3.04. The first kappa shape index (κ1) is 16.6. The van der Waals surface area contributed by atoms with Crippen LogP contribution in [0.5, 0.6) is 5.75 Å². The first-order chi connectivity index (χ1) is 11.8. The number of hydrogen-bond acceptors (Lipinski definition) is 5. The Kier molecular flexibility index (Phi) is 5.93. The molecule has 0 unspecified atom stereocenters. The molecule has 2 aromatic carbocycles. The second kappa shape index (κ2) is 8.57. The van der Waals surface area contributed by atoms with E-state index in [1.165, 1.54) is 17.3 Å². The largest absolute Gasteiger partial charge is 0.484 e. The van der Waals surface area contributed by atoms with E-state index in [2.05, 4.69) is 34.5 Å². The summed E-state index contributed by atoms with van der Waals surface area (Å²) in [5, 5.41) is 9.17. The van der Waals surface area contributed by atoms with E-state index in [9.17, 15) is 0 Å². The van der Waals surface area contributed by atoms with Crippen LogP contribution < -0.4 is 4.74 Å². The Morgan fingerprint density at radius 1 is 1.04 bits per heavy atom. The van der Waals surface area contributed by atoms with Gasteiger partial charge in [0.05, 0.1) is 0 Å². The van der Waals surface area contributed by atoms with Crippen LogP contribution >= 0.6 is 23.4 Å². The van der Waals surface area contributed by atoms with Gasteiger partial charge in [-0.2, -0.15) is 0 Å². The summed E-state index contributed by atoms with van der Waals surface area (Å²) in [6.45, 7) is 0.231. The molecule has 0 radical (unpaired) electrons. The molecule has 0 spiro atoms. The molecule has 24 heavy (non-hydrogen) atoms. The fourth-order valence-electron chi connectivity index (χ4n) is 1.90. The van der Waals surface area contributed by atoms with Crippen molar-refractivity contribution >= 4 is 29.4 Å². The number of ether oxygens (including phenoxy) is 1. The monoisotopic (exact) mass is 358 g/mol. The van der Waals surface area contributed by atoms with Gasteiger partial charge in [-0.1, -0.05) is 65.8 Å². The van der Waals surface area contributed by atoms with Gasteiger partial charge in [-0.05, 0) is 29.8 Å². The maximum absolute atomic E-state index is 5.83. The molecular weight excluding hydrogens is 344 g/mol. The maximum Gasteiger partial charge on any atom is 0.277 e. The summed E-state index contributed by atoms with van der Waals surface area (Å²) in [4.78, 5) is 0. The van der Waals surface area contributed by atoms with Gasteiger partial charge >= 0.3 is 0 Å². The highest BCUT2D eigenvalue weighted by atomic mass is 35.5. The molecule has 4 nitrogen and oxygen atoms in total. The Balaban J connectivity index is 1.45. The van der Waals surface area contributed by atoms with Gasteiger partial charge in [-0.25, -0.2) is 0 Å². The van der Waals surface area contributed by atoms with E-state index in [-0.39, 0.29) is 6.61 Å². The van der Waals surface area contributed by atoms with Crippen LogP contribution in [-0.2, 0) is 6.61 Å². The normalized spacial score (nSPS) is 11.0. The van der Waals surface area contributed by atoms with E-state index in [4.69, 9.17) is 20.8 Å². The average molecular weight is 359 g/mol. The lowest BCUT2D eigenvalue weighted by molar-refractivity contribution is 0.252. The molecule has 0 saturated carbocycles. The van der Waals surface area contributed by atoms with Gasteiger partial charge in [0.1, 0.15) is 5.75 Å². The third kappa shape index (κ3) is 5.15. The summed E-state index contributed by atoms with van der Waals surface area (Å²) in [7, 11) is 0. The fourth-order valence-corrected chi connectivity index (χ4v) is 2.61. The van der Waals surface area contributed by atoms with Crippen molar-refractivity contribution in [2.24, 2.45) is 0 Å². The summed E-state index contributed by atoms with van der Waals surface area (Å²) < 4.78 is 11.1. The molecule has 0 aliphatic carbocycles. The van der Waals surface area contributed by atoms with Crippen molar-refractivity contribution in [2.45, 2.75) is 11.8 Å². The number of nitrogens with zero attached hydrogens (tertiary/aromatic N) is 2. The van der Waals surface area contributed by atoms with Crippen molar-refractivity contribution in [3.8, 4) is 5.75 Å². The number of thioether (sulfide) groups is 1. The lowest BCUT2D eigenvalue weighted by Crippen LogP contribution is -1.95. The van der Waals surface area contributed by atoms with E-state index in [0.29, 0.717) is 21.9 Å². The van der Waals surface area contributed by atoms with Crippen molar-refractivity contribution in [3.63, 3.8) is 0 Å². The van der Waals surface area contributed by atoms with E-state index in [1.807, 2.05) is 18.2 Å². The summed E-state index contributed by atoms with van der Waals surface area (Å²) in [6, 6.07) is 17.3. The molecule has 1 heterocycles. The standard InChI is InChI=1S/C18H15ClN2O2S/c19-15-8-10-16(11-9-15)22-13-17-20-21-18(23-17)24-12-4-7-14-5-2-1-3-6-14/h1-11H,12-13H2. The third-order valence-corrected chi connectivity index (χ3v) is 4.06. The Morgan fingerprint density at radius 2 is 1.83 bits per heavy atom. The molecule has 0 aliphatic heterocycles. The van der Waals surface area contributed by atoms with Crippen LogP contribution in [0.15, 0.2) is 70.3 Å². The Bertz CT molecular complexity index is 788. The van der Waals surface area contributed by atoms with Crippen molar-refractivity contribution in [2.75, 3.05) is 5.75 Å². The summed E-state index contributed by atoms with van der Waals surface area (Å²) in [5.74, 6) is 1.91. The molecule has 6 heteroatoms. The molecule has 3 rings (SSSR count). The first-order valence-electron chi connectivity index (χ1n) is 7.35.